The number of nitrogens with one attached hydrogen (secondary N) is 1. The van der Waals surface area contributed by atoms with Crippen molar-refractivity contribution in [1.82, 2.24) is 15.5 Å². The molecule has 0 saturated carbocycles. The van der Waals surface area contributed by atoms with Crippen LogP contribution in [0.25, 0.3) is 11.6 Å². The highest BCUT2D eigenvalue weighted by molar-refractivity contribution is 5.44. The van der Waals surface area contributed by atoms with E-state index in [0.29, 0.717) is 30.5 Å². The highest BCUT2D eigenvalue weighted by Crippen LogP contribution is 2.16. The fourth-order valence-electron chi connectivity index (χ4n) is 1.50. The van der Waals surface area contributed by atoms with E-state index in [4.69, 9.17) is 13.7 Å². The summed E-state index contributed by atoms with van der Waals surface area (Å²) in [5.74, 6) is 1.64. The minimum Gasteiger partial charge on any atom is -0.461 e. The van der Waals surface area contributed by atoms with E-state index in [9.17, 15) is 0 Å². The molecule has 0 saturated heterocycles. The van der Waals surface area contributed by atoms with Gasteiger partial charge in [0.1, 0.15) is 0 Å². The van der Waals surface area contributed by atoms with Gasteiger partial charge in [0, 0.05) is 19.6 Å². The van der Waals surface area contributed by atoms with Crippen LogP contribution in [0.3, 0.4) is 0 Å². The van der Waals surface area contributed by atoms with Crippen LogP contribution < -0.4 is 5.32 Å². The van der Waals surface area contributed by atoms with Gasteiger partial charge in [-0.1, -0.05) is 5.16 Å². The Hall–Kier alpha value is -1.66. The number of hydrogen-bond acceptors (Lipinski definition) is 6. The second kappa shape index (κ2) is 5.60. The Morgan fingerprint density at radius 3 is 3.06 bits per heavy atom. The number of nitrogens with zero attached hydrogens (tertiary/aromatic N) is 2. The molecule has 1 atom stereocenters. The lowest BCUT2D eigenvalue weighted by atomic mass is 10.2. The van der Waals surface area contributed by atoms with Crippen LogP contribution in [0, 0.1) is 0 Å². The Morgan fingerprint density at radius 2 is 2.41 bits per heavy atom. The minimum atomic E-state index is 0.157. The molecular formula is C11H15N3O3. The highest BCUT2D eigenvalue weighted by atomic mass is 16.5. The standard InChI is InChI=1S/C11H15N3O3/c1-12-8(7-15-2)6-10-13-11(14-17-10)9-4-3-5-16-9/h3-5,8,12H,6-7H2,1-2H3. The van der Waals surface area contributed by atoms with Crippen molar-refractivity contribution in [3.63, 3.8) is 0 Å². The van der Waals surface area contributed by atoms with Crippen molar-refractivity contribution in [3.8, 4) is 11.6 Å². The van der Waals surface area contributed by atoms with Crippen molar-refractivity contribution in [2.75, 3.05) is 20.8 Å². The van der Waals surface area contributed by atoms with Gasteiger partial charge in [0.15, 0.2) is 5.76 Å². The molecule has 0 fully saturated rings. The maximum atomic E-state index is 5.19. The molecule has 0 aliphatic rings. The summed E-state index contributed by atoms with van der Waals surface area (Å²) in [5, 5.41) is 6.98. The summed E-state index contributed by atoms with van der Waals surface area (Å²) in [7, 11) is 3.53. The largest absolute Gasteiger partial charge is 0.461 e. The second-order valence-electron chi connectivity index (χ2n) is 3.63. The van der Waals surface area contributed by atoms with Crippen LogP contribution in [0.5, 0.6) is 0 Å². The van der Waals surface area contributed by atoms with Crippen LogP contribution in [0.4, 0.5) is 0 Å². The van der Waals surface area contributed by atoms with Crippen LogP contribution >= 0.6 is 0 Å². The van der Waals surface area contributed by atoms with Gasteiger partial charge in [-0.2, -0.15) is 4.98 Å². The van der Waals surface area contributed by atoms with E-state index >= 15 is 0 Å². The molecule has 0 radical (unpaired) electrons. The van der Waals surface area contributed by atoms with Crippen molar-refractivity contribution in [3.05, 3.63) is 24.3 Å². The average molecular weight is 237 g/mol. The van der Waals surface area contributed by atoms with Crippen LogP contribution in [-0.2, 0) is 11.2 Å². The van der Waals surface area contributed by atoms with Gasteiger partial charge in [0.2, 0.25) is 11.7 Å². The molecule has 6 heteroatoms. The van der Waals surface area contributed by atoms with E-state index in [2.05, 4.69) is 15.5 Å². The first-order valence-corrected chi connectivity index (χ1v) is 5.36. The van der Waals surface area contributed by atoms with Crippen LogP contribution in [-0.4, -0.2) is 36.9 Å². The maximum Gasteiger partial charge on any atom is 0.238 e. The van der Waals surface area contributed by atoms with Gasteiger partial charge in [-0.15, -0.1) is 0 Å². The second-order valence-corrected chi connectivity index (χ2v) is 3.63. The van der Waals surface area contributed by atoms with E-state index in [1.807, 2.05) is 7.05 Å². The SMILES string of the molecule is CNC(COC)Cc1nc(-c2ccco2)no1. The zero-order valence-electron chi connectivity index (χ0n) is 9.84. The van der Waals surface area contributed by atoms with E-state index < -0.39 is 0 Å². The molecule has 0 bridgehead atoms. The fraction of sp³-hybridized carbons (Fsp3) is 0.455. The monoisotopic (exact) mass is 237 g/mol. The lowest BCUT2D eigenvalue weighted by Crippen LogP contribution is -2.32. The van der Waals surface area contributed by atoms with Gasteiger partial charge in [-0.3, -0.25) is 0 Å². The Morgan fingerprint density at radius 1 is 1.53 bits per heavy atom. The van der Waals surface area contributed by atoms with Crippen molar-refractivity contribution < 1.29 is 13.7 Å². The molecule has 1 N–H and O–H groups in total. The van der Waals surface area contributed by atoms with Gasteiger partial charge in [0.05, 0.1) is 12.9 Å². The summed E-state index contributed by atoms with van der Waals surface area (Å²) in [6.45, 7) is 0.592. The van der Waals surface area contributed by atoms with Gasteiger partial charge >= 0.3 is 0 Å². The lowest BCUT2D eigenvalue weighted by molar-refractivity contribution is 0.165. The molecule has 0 spiro atoms. The Bertz CT molecular complexity index is 439. The molecule has 2 aromatic rings. The number of methoxy groups -OCH3 is 1. The molecule has 2 rings (SSSR count). The third-order valence-electron chi connectivity index (χ3n) is 2.41. The van der Waals surface area contributed by atoms with Crippen molar-refractivity contribution in [1.29, 1.82) is 0 Å². The molecule has 6 nitrogen and oxygen atoms in total. The molecule has 17 heavy (non-hydrogen) atoms. The number of likely N-dealkylation sites (N-methyl/N-ethyl adjacent to an activating group) is 1. The minimum absolute atomic E-state index is 0.157. The number of ether oxygens (including phenoxy) is 1. The first-order valence-electron chi connectivity index (χ1n) is 5.36. The van der Waals surface area contributed by atoms with Crippen molar-refractivity contribution in [2.45, 2.75) is 12.5 Å². The van der Waals surface area contributed by atoms with Crippen molar-refractivity contribution >= 4 is 0 Å². The molecule has 0 aliphatic heterocycles. The zero-order chi connectivity index (χ0) is 12.1. The molecule has 0 amide bonds. The lowest BCUT2D eigenvalue weighted by Gasteiger charge is -2.11. The maximum absolute atomic E-state index is 5.19. The molecule has 2 heterocycles. The summed E-state index contributed by atoms with van der Waals surface area (Å²) >= 11 is 0. The quantitative estimate of drug-likeness (QED) is 0.811. The van der Waals surface area contributed by atoms with Crippen LogP contribution in [0.2, 0.25) is 0 Å². The number of hydrogen-bond donors (Lipinski definition) is 1. The molecule has 0 aliphatic carbocycles. The predicted octanol–water partition coefficient (Wildman–Crippen LogP) is 1.11. The highest BCUT2D eigenvalue weighted by Gasteiger charge is 2.14. The van der Waals surface area contributed by atoms with Crippen LogP contribution in [0.15, 0.2) is 27.3 Å². The van der Waals surface area contributed by atoms with Crippen molar-refractivity contribution in [2.24, 2.45) is 0 Å². The topological polar surface area (TPSA) is 73.3 Å². The van der Waals surface area contributed by atoms with Crippen LogP contribution in [0.1, 0.15) is 5.89 Å². The smallest absolute Gasteiger partial charge is 0.238 e. The number of aromatic nitrogens is 2. The molecular weight excluding hydrogens is 222 g/mol. The average Bonchev–Trinajstić information content (AvgIpc) is 2.98. The normalized spacial score (nSPS) is 12.8. The summed E-state index contributed by atoms with van der Waals surface area (Å²) in [6.07, 6.45) is 2.20. The zero-order valence-corrected chi connectivity index (χ0v) is 9.84. The molecule has 92 valence electrons. The molecule has 2 aromatic heterocycles. The molecule has 1 unspecified atom stereocenters. The number of furan rings is 1. The van der Waals surface area contributed by atoms with Gasteiger partial charge in [-0.05, 0) is 19.2 Å². The number of rotatable bonds is 6. The fourth-order valence-corrected chi connectivity index (χ4v) is 1.50. The van der Waals surface area contributed by atoms with E-state index in [1.54, 1.807) is 25.5 Å². The first-order chi connectivity index (χ1) is 8.33. The third kappa shape index (κ3) is 2.92. The summed E-state index contributed by atoms with van der Waals surface area (Å²) in [5.41, 5.74) is 0. The van der Waals surface area contributed by atoms with Gasteiger partial charge < -0.3 is 19.0 Å². The third-order valence-corrected chi connectivity index (χ3v) is 2.41. The Labute approximate surface area is 99.0 Å². The predicted molar refractivity (Wildman–Crippen MR) is 60.4 cm³/mol. The van der Waals surface area contributed by atoms with Gasteiger partial charge in [0.25, 0.3) is 0 Å². The summed E-state index contributed by atoms with van der Waals surface area (Å²) in [4.78, 5) is 4.26. The van der Waals surface area contributed by atoms with Gasteiger partial charge in [-0.25, -0.2) is 0 Å². The summed E-state index contributed by atoms with van der Waals surface area (Å²) < 4.78 is 15.4. The Balaban J connectivity index is 2.03. The molecule has 0 aromatic carbocycles. The van der Waals surface area contributed by atoms with E-state index in [-0.39, 0.29) is 6.04 Å². The Kier molecular flexibility index (Phi) is 3.89. The van der Waals surface area contributed by atoms with E-state index in [1.165, 1.54) is 0 Å². The first kappa shape index (κ1) is 11.8. The van der Waals surface area contributed by atoms with E-state index in [0.717, 1.165) is 0 Å². The summed E-state index contributed by atoms with van der Waals surface area (Å²) in [6, 6.07) is 3.73.